The molecule has 1 aromatic carbocycles. The fourth-order valence-electron chi connectivity index (χ4n) is 1.91. The number of benzene rings is 1. The average Bonchev–Trinajstić information content (AvgIpc) is 2.95. The highest BCUT2D eigenvalue weighted by Crippen LogP contribution is 2.18. The van der Waals surface area contributed by atoms with E-state index >= 15 is 0 Å². The molecule has 20 heavy (non-hydrogen) atoms. The van der Waals surface area contributed by atoms with Crippen LogP contribution in [0.2, 0.25) is 0 Å². The molecule has 5 heteroatoms. The van der Waals surface area contributed by atoms with Gasteiger partial charge in [-0.2, -0.15) is 0 Å². The summed E-state index contributed by atoms with van der Waals surface area (Å²) >= 11 is 1.61. The summed E-state index contributed by atoms with van der Waals surface area (Å²) in [5.74, 6) is 0.0389. The predicted molar refractivity (Wildman–Crippen MR) is 80.7 cm³/mol. The number of hydrogen-bond acceptors (Lipinski definition) is 4. The maximum atomic E-state index is 12.0. The van der Waals surface area contributed by atoms with E-state index in [1.165, 1.54) is 0 Å². The largest absolute Gasteiger partial charge is 0.508 e. The SMILES string of the molecule is C[C@@H](NC(=O)C(N)Cc1ccc(O)cc1)c1cccs1. The normalized spacial score (nSPS) is 13.7. The summed E-state index contributed by atoms with van der Waals surface area (Å²) in [4.78, 5) is 13.1. The van der Waals surface area contributed by atoms with Crippen molar-refractivity contribution in [2.24, 2.45) is 5.73 Å². The Morgan fingerprint density at radius 2 is 2.05 bits per heavy atom. The molecule has 1 heterocycles. The Labute approximate surface area is 122 Å². The molecular formula is C15H18N2O2S. The van der Waals surface area contributed by atoms with Crippen molar-refractivity contribution in [2.45, 2.75) is 25.4 Å². The Morgan fingerprint density at radius 1 is 1.35 bits per heavy atom. The van der Waals surface area contributed by atoms with Crippen LogP contribution in [0.25, 0.3) is 0 Å². The van der Waals surface area contributed by atoms with Crippen LogP contribution in [0, 0.1) is 0 Å². The molecule has 0 bridgehead atoms. The molecule has 2 rings (SSSR count). The van der Waals surface area contributed by atoms with Crippen LogP contribution in [0.4, 0.5) is 0 Å². The first-order chi connectivity index (χ1) is 9.56. The van der Waals surface area contributed by atoms with Crippen LogP contribution < -0.4 is 11.1 Å². The molecule has 2 aromatic rings. The molecule has 0 saturated carbocycles. The number of aromatic hydroxyl groups is 1. The lowest BCUT2D eigenvalue weighted by atomic mass is 10.1. The molecule has 0 radical (unpaired) electrons. The van der Waals surface area contributed by atoms with E-state index in [-0.39, 0.29) is 17.7 Å². The topological polar surface area (TPSA) is 75.4 Å². The Bertz CT molecular complexity index is 552. The van der Waals surface area contributed by atoms with Crippen LogP contribution in [0.3, 0.4) is 0 Å². The van der Waals surface area contributed by atoms with Crippen molar-refractivity contribution in [3.63, 3.8) is 0 Å². The molecule has 4 nitrogen and oxygen atoms in total. The number of phenolic OH excluding ortho intramolecular Hbond substituents is 1. The molecule has 1 aromatic heterocycles. The number of nitrogens with one attached hydrogen (secondary N) is 1. The van der Waals surface area contributed by atoms with Gasteiger partial charge in [0, 0.05) is 4.88 Å². The lowest BCUT2D eigenvalue weighted by Crippen LogP contribution is -2.42. The van der Waals surface area contributed by atoms with Crippen LogP contribution in [0.15, 0.2) is 41.8 Å². The minimum Gasteiger partial charge on any atom is -0.508 e. The summed E-state index contributed by atoms with van der Waals surface area (Å²) in [7, 11) is 0. The van der Waals surface area contributed by atoms with Crippen molar-refractivity contribution in [3.8, 4) is 5.75 Å². The second-order valence-corrected chi connectivity index (χ2v) is 5.70. The number of carbonyl (C=O) groups is 1. The van der Waals surface area contributed by atoms with Crippen molar-refractivity contribution < 1.29 is 9.90 Å². The summed E-state index contributed by atoms with van der Waals surface area (Å²) in [6, 6.07) is 10.0. The van der Waals surface area contributed by atoms with Gasteiger partial charge in [-0.25, -0.2) is 0 Å². The van der Waals surface area contributed by atoms with E-state index in [2.05, 4.69) is 5.32 Å². The molecule has 0 fully saturated rings. The van der Waals surface area contributed by atoms with Gasteiger partial charge in [0.2, 0.25) is 5.91 Å². The van der Waals surface area contributed by atoms with E-state index in [4.69, 9.17) is 5.73 Å². The minimum atomic E-state index is -0.595. The molecule has 0 aliphatic carbocycles. The summed E-state index contributed by atoms with van der Waals surface area (Å²) in [6.07, 6.45) is 0.448. The van der Waals surface area contributed by atoms with Gasteiger partial charge in [0.25, 0.3) is 0 Å². The van der Waals surface area contributed by atoms with Crippen molar-refractivity contribution in [1.82, 2.24) is 5.32 Å². The Hall–Kier alpha value is -1.85. The van der Waals surface area contributed by atoms with Crippen LogP contribution in [0.5, 0.6) is 5.75 Å². The highest BCUT2D eigenvalue weighted by Gasteiger charge is 2.17. The average molecular weight is 290 g/mol. The van der Waals surface area contributed by atoms with Gasteiger partial charge in [-0.1, -0.05) is 18.2 Å². The first kappa shape index (κ1) is 14.6. The molecule has 0 saturated heterocycles. The van der Waals surface area contributed by atoms with E-state index in [0.717, 1.165) is 10.4 Å². The first-order valence-electron chi connectivity index (χ1n) is 6.43. The highest BCUT2D eigenvalue weighted by atomic mass is 32.1. The third kappa shape index (κ3) is 3.82. The summed E-state index contributed by atoms with van der Waals surface area (Å²) in [5.41, 5.74) is 6.84. The molecule has 1 unspecified atom stereocenters. The quantitative estimate of drug-likeness (QED) is 0.790. The fourth-order valence-corrected chi connectivity index (χ4v) is 2.64. The number of carbonyl (C=O) groups excluding carboxylic acids is 1. The third-order valence-electron chi connectivity index (χ3n) is 3.06. The Kier molecular flexibility index (Phi) is 4.76. The lowest BCUT2D eigenvalue weighted by Gasteiger charge is -2.16. The minimum absolute atomic E-state index is 0.0339. The summed E-state index contributed by atoms with van der Waals surface area (Å²) in [5, 5.41) is 14.1. The molecule has 4 N–H and O–H groups in total. The van der Waals surface area contributed by atoms with Gasteiger partial charge in [-0.05, 0) is 42.5 Å². The second kappa shape index (κ2) is 6.54. The van der Waals surface area contributed by atoms with Crippen molar-refractivity contribution in [2.75, 3.05) is 0 Å². The van der Waals surface area contributed by atoms with Crippen molar-refractivity contribution in [1.29, 1.82) is 0 Å². The van der Waals surface area contributed by atoms with Gasteiger partial charge in [0.15, 0.2) is 0 Å². The molecule has 2 atom stereocenters. The number of hydrogen-bond donors (Lipinski definition) is 3. The Balaban J connectivity index is 1.90. The summed E-state index contributed by atoms with van der Waals surface area (Å²) in [6.45, 7) is 1.94. The number of thiophene rings is 1. The third-order valence-corrected chi connectivity index (χ3v) is 4.11. The van der Waals surface area contributed by atoms with Gasteiger partial charge in [0.05, 0.1) is 12.1 Å². The van der Waals surface area contributed by atoms with Crippen LogP contribution in [0.1, 0.15) is 23.4 Å². The predicted octanol–water partition coefficient (Wildman–Crippen LogP) is 2.20. The van der Waals surface area contributed by atoms with E-state index < -0.39 is 6.04 Å². The molecule has 0 aliphatic rings. The molecule has 1 amide bonds. The smallest absolute Gasteiger partial charge is 0.237 e. The first-order valence-corrected chi connectivity index (χ1v) is 7.31. The lowest BCUT2D eigenvalue weighted by molar-refractivity contribution is -0.122. The van der Waals surface area contributed by atoms with E-state index in [1.54, 1.807) is 35.6 Å². The number of rotatable bonds is 5. The maximum absolute atomic E-state index is 12.0. The van der Waals surface area contributed by atoms with Gasteiger partial charge >= 0.3 is 0 Å². The maximum Gasteiger partial charge on any atom is 0.237 e. The zero-order valence-corrected chi connectivity index (χ0v) is 12.1. The van der Waals surface area contributed by atoms with Crippen LogP contribution >= 0.6 is 11.3 Å². The standard InChI is InChI=1S/C15H18N2O2S/c1-10(14-3-2-8-20-14)17-15(19)13(16)9-11-4-6-12(18)7-5-11/h2-8,10,13,18H,9,16H2,1H3,(H,17,19)/t10-,13?/m1/s1. The van der Waals surface area contributed by atoms with Gasteiger partial charge < -0.3 is 16.2 Å². The molecule has 0 spiro atoms. The zero-order valence-electron chi connectivity index (χ0n) is 11.2. The summed E-state index contributed by atoms with van der Waals surface area (Å²) < 4.78 is 0. The fraction of sp³-hybridized carbons (Fsp3) is 0.267. The highest BCUT2D eigenvalue weighted by molar-refractivity contribution is 7.10. The van der Waals surface area contributed by atoms with Crippen LogP contribution in [-0.2, 0) is 11.2 Å². The van der Waals surface area contributed by atoms with Crippen LogP contribution in [-0.4, -0.2) is 17.1 Å². The number of amides is 1. The number of nitrogens with two attached hydrogens (primary N) is 1. The van der Waals surface area contributed by atoms with Gasteiger partial charge in [0.1, 0.15) is 5.75 Å². The second-order valence-electron chi connectivity index (χ2n) is 4.72. The zero-order chi connectivity index (χ0) is 14.5. The van der Waals surface area contributed by atoms with Crippen molar-refractivity contribution in [3.05, 3.63) is 52.2 Å². The molecular weight excluding hydrogens is 272 g/mol. The van der Waals surface area contributed by atoms with Gasteiger partial charge in [-0.3, -0.25) is 4.79 Å². The van der Waals surface area contributed by atoms with E-state index in [0.29, 0.717) is 6.42 Å². The van der Waals surface area contributed by atoms with E-state index in [9.17, 15) is 9.90 Å². The van der Waals surface area contributed by atoms with E-state index in [1.807, 2.05) is 24.4 Å². The van der Waals surface area contributed by atoms with Gasteiger partial charge in [-0.15, -0.1) is 11.3 Å². The van der Waals surface area contributed by atoms with Crippen molar-refractivity contribution >= 4 is 17.2 Å². The monoisotopic (exact) mass is 290 g/mol. The Morgan fingerprint density at radius 3 is 2.65 bits per heavy atom. The molecule has 0 aliphatic heterocycles. The number of phenols is 1. The molecule has 106 valence electrons.